The molecule has 1 aliphatic rings. The molecule has 0 bridgehead atoms. The van der Waals surface area contributed by atoms with Crippen molar-refractivity contribution < 1.29 is 19.1 Å². The lowest BCUT2D eigenvalue weighted by Gasteiger charge is -2.10. The summed E-state index contributed by atoms with van der Waals surface area (Å²) in [6.45, 7) is 1.77. The van der Waals surface area contributed by atoms with Gasteiger partial charge in [0.15, 0.2) is 5.76 Å². The Morgan fingerprint density at radius 1 is 1.08 bits per heavy atom. The van der Waals surface area contributed by atoms with E-state index < -0.39 is 5.97 Å². The molecule has 2 aromatic carbocycles. The molecular formula is C21H14O4S. The molecule has 0 N–H and O–H groups in total. The van der Waals surface area contributed by atoms with Gasteiger partial charge in [-0.2, -0.15) is 0 Å². The lowest BCUT2D eigenvalue weighted by Crippen LogP contribution is -2.09. The summed E-state index contributed by atoms with van der Waals surface area (Å²) >= 11 is 1.53. The van der Waals surface area contributed by atoms with Gasteiger partial charge in [0.2, 0.25) is 5.78 Å². The summed E-state index contributed by atoms with van der Waals surface area (Å²) in [5.74, 6) is 0.473. The van der Waals surface area contributed by atoms with Crippen LogP contribution in [-0.4, -0.2) is 11.8 Å². The first kappa shape index (κ1) is 16.3. The van der Waals surface area contributed by atoms with E-state index in [1.807, 2.05) is 23.6 Å². The second kappa shape index (κ2) is 6.61. The number of Topliss-reactive ketones (excluding diaryl/α,β-unsaturated/α-hetero) is 1. The first-order valence-electron chi connectivity index (χ1n) is 8.02. The van der Waals surface area contributed by atoms with E-state index in [1.165, 1.54) is 11.3 Å². The molecule has 0 saturated heterocycles. The highest BCUT2D eigenvalue weighted by Crippen LogP contribution is 2.39. The molecule has 0 saturated carbocycles. The number of thiophene rings is 1. The van der Waals surface area contributed by atoms with Gasteiger partial charge in [0.05, 0.1) is 11.1 Å². The van der Waals surface area contributed by atoms with Crippen molar-refractivity contribution in [1.82, 2.24) is 0 Å². The third kappa shape index (κ3) is 2.93. The number of hydrogen-bond acceptors (Lipinski definition) is 5. The molecule has 3 aromatic rings. The zero-order valence-corrected chi connectivity index (χ0v) is 14.7. The van der Waals surface area contributed by atoms with Gasteiger partial charge in [-0.1, -0.05) is 24.3 Å². The van der Waals surface area contributed by atoms with Crippen LogP contribution in [-0.2, 0) is 0 Å². The summed E-state index contributed by atoms with van der Waals surface area (Å²) in [6, 6.07) is 15.8. The lowest BCUT2D eigenvalue weighted by molar-refractivity contribution is 0.0733. The second-order valence-corrected chi connectivity index (χ2v) is 6.76. The highest BCUT2D eigenvalue weighted by atomic mass is 32.1. The minimum atomic E-state index is -0.452. The van der Waals surface area contributed by atoms with E-state index in [-0.39, 0.29) is 11.5 Å². The number of carbonyl (C=O) groups excluding carboxylic acids is 2. The van der Waals surface area contributed by atoms with Crippen molar-refractivity contribution in [2.75, 3.05) is 0 Å². The Bertz CT molecular complexity index is 1020. The molecule has 0 fully saturated rings. The van der Waals surface area contributed by atoms with Gasteiger partial charge >= 0.3 is 5.97 Å². The predicted octanol–water partition coefficient (Wildman–Crippen LogP) is 4.89. The minimum absolute atomic E-state index is 0.169. The van der Waals surface area contributed by atoms with Crippen molar-refractivity contribution in [2.45, 2.75) is 6.92 Å². The van der Waals surface area contributed by atoms with Gasteiger partial charge in [0.25, 0.3) is 0 Å². The van der Waals surface area contributed by atoms with Crippen LogP contribution < -0.4 is 9.47 Å². The summed E-state index contributed by atoms with van der Waals surface area (Å²) < 4.78 is 11.3. The Labute approximate surface area is 154 Å². The van der Waals surface area contributed by atoms with Gasteiger partial charge in [-0.3, -0.25) is 4.79 Å². The molecule has 0 spiro atoms. The summed E-state index contributed by atoms with van der Waals surface area (Å²) in [4.78, 5) is 25.7. The third-order valence-corrected chi connectivity index (χ3v) is 4.88. The van der Waals surface area contributed by atoms with Crippen molar-refractivity contribution >= 4 is 29.2 Å². The summed E-state index contributed by atoms with van der Waals surface area (Å²) in [5, 5.41) is 1.94. The largest absolute Gasteiger partial charge is 0.452 e. The molecule has 5 heteroatoms. The molecule has 0 radical (unpaired) electrons. The van der Waals surface area contributed by atoms with Crippen molar-refractivity contribution in [1.29, 1.82) is 0 Å². The van der Waals surface area contributed by atoms with Crippen LogP contribution in [0, 0.1) is 6.92 Å². The second-order valence-electron chi connectivity index (χ2n) is 5.78. The van der Waals surface area contributed by atoms with Gasteiger partial charge in [0, 0.05) is 16.5 Å². The molecule has 4 nitrogen and oxygen atoms in total. The van der Waals surface area contributed by atoms with Crippen LogP contribution in [0.5, 0.6) is 11.5 Å². The normalized spacial score (nSPS) is 14.2. The molecule has 128 valence electrons. The van der Waals surface area contributed by atoms with E-state index >= 15 is 0 Å². The maximum Gasteiger partial charge on any atom is 0.343 e. The van der Waals surface area contributed by atoms with Crippen LogP contribution in [0.25, 0.3) is 6.08 Å². The molecule has 0 atom stereocenters. The lowest BCUT2D eigenvalue weighted by atomic mass is 10.1. The Kier molecular flexibility index (Phi) is 4.14. The number of hydrogen-bond donors (Lipinski definition) is 0. The topological polar surface area (TPSA) is 52.6 Å². The average molecular weight is 362 g/mol. The fourth-order valence-corrected chi connectivity index (χ4v) is 3.36. The first-order valence-corrected chi connectivity index (χ1v) is 8.90. The van der Waals surface area contributed by atoms with E-state index in [9.17, 15) is 9.59 Å². The number of carbonyl (C=O) groups is 2. The smallest absolute Gasteiger partial charge is 0.343 e. The predicted molar refractivity (Wildman–Crippen MR) is 99.8 cm³/mol. The molecule has 0 amide bonds. The third-order valence-electron chi connectivity index (χ3n) is 4.07. The van der Waals surface area contributed by atoms with Crippen LogP contribution >= 0.6 is 11.3 Å². The van der Waals surface area contributed by atoms with E-state index in [0.717, 1.165) is 4.88 Å². The number of esters is 1. The minimum Gasteiger partial charge on any atom is -0.452 e. The summed E-state index contributed by atoms with van der Waals surface area (Å²) in [6.07, 6.45) is 1.72. The number of benzene rings is 2. The fraction of sp³-hybridized carbons (Fsp3) is 0.0476. The molecule has 1 aliphatic heterocycles. The van der Waals surface area contributed by atoms with Crippen molar-refractivity contribution in [2.24, 2.45) is 0 Å². The van der Waals surface area contributed by atoms with Gasteiger partial charge in [-0.05, 0) is 42.6 Å². The van der Waals surface area contributed by atoms with Crippen LogP contribution in [0.2, 0.25) is 0 Å². The maximum absolute atomic E-state index is 12.5. The Balaban J connectivity index is 1.63. The SMILES string of the molecule is Cc1c(OC(=O)c2ccccc2)ccc2c1O/C(=C\c1cccs1)C2=O. The fourth-order valence-electron chi connectivity index (χ4n) is 2.71. The van der Waals surface area contributed by atoms with Gasteiger partial charge in [-0.25, -0.2) is 4.79 Å². The molecule has 4 rings (SSSR count). The average Bonchev–Trinajstić information content (AvgIpc) is 3.28. The standard InChI is InChI=1S/C21H14O4S/c1-13-17(25-21(23)14-6-3-2-4-7-14)10-9-16-19(22)18(24-20(13)16)12-15-8-5-11-26-15/h2-12H,1H3/b18-12-. The number of ether oxygens (including phenoxy) is 2. The van der Waals surface area contributed by atoms with Crippen LogP contribution in [0.4, 0.5) is 0 Å². The number of rotatable bonds is 3. The van der Waals surface area contributed by atoms with Crippen molar-refractivity contribution in [3.8, 4) is 11.5 Å². The number of fused-ring (bicyclic) bond motifs is 1. The molecule has 0 aliphatic carbocycles. The molecular weight excluding hydrogens is 348 g/mol. The highest BCUT2D eigenvalue weighted by molar-refractivity contribution is 7.10. The van der Waals surface area contributed by atoms with E-state index in [2.05, 4.69) is 0 Å². The Morgan fingerprint density at radius 2 is 1.88 bits per heavy atom. The van der Waals surface area contributed by atoms with Crippen LogP contribution in [0.15, 0.2) is 65.7 Å². The highest BCUT2D eigenvalue weighted by Gasteiger charge is 2.30. The zero-order valence-electron chi connectivity index (χ0n) is 13.9. The molecule has 1 aromatic heterocycles. The van der Waals surface area contributed by atoms with E-state index in [1.54, 1.807) is 49.4 Å². The van der Waals surface area contributed by atoms with Crippen molar-refractivity contribution in [3.63, 3.8) is 0 Å². The van der Waals surface area contributed by atoms with Gasteiger partial charge in [-0.15, -0.1) is 11.3 Å². The Morgan fingerprint density at radius 3 is 2.62 bits per heavy atom. The van der Waals surface area contributed by atoms with Crippen LogP contribution in [0.3, 0.4) is 0 Å². The molecule has 2 heterocycles. The quantitative estimate of drug-likeness (QED) is 0.378. The number of allylic oxidation sites excluding steroid dienone is 1. The van der Waals surface area contributed by atoms with E-state index in [4.69, 9.17) is 9.47 Å². The van der Waals surface area contributed by atoms with Crippen LogP contribution in [0.1, 0.15) is 31.2 Å². The monoisotopic (exact) mass is 362 g/mol. The van der Waals surface area contributed by atoms with Gasteiger partial charge < -0.3 is 9.47 Å². The van der Waals surface area contributed by atoms with E-state index in [0.29, 0.717) is 28.2 Å². The number of ketones is 1. The molecule has 26 heavy (non-hydrogen) atoms. The maximum atomic E-state index is 12.5. The zero-order chi connectivity index (χ0) is 18.1. The summed E-state index contributed by atoms with van der Waals surface area (Å²) in [5.41, 5.74) is 1.56. The summed E-state index contributed by atoms with van der Waals surface area (Å²) in [7, 11) is 0. The van der Waals surface area contributed by atoms with Crippen molar-refractivity contribution in [3.05, 3.63) is 87.3 Å². The molecule has 0 unspecified atom stereocenters. The van der Waals surface area contributed by atoms with Gasteiger partial charge in [0.1, 0.15) is 11.5 Å². The Hall–Kier alpha value is -3.18. The first-order chi connectivity index (χ1) is 12.6.